The molecular formula is C22H27N4O6+. The van der Waals surface area contributed by atoms with Crippen LogP contribution in [0.5, 0.6) is 5.75 Å². The molecule has 170 valence electrons. The fraction of sp³-hybridized carbons (Fsp3) is 0.455. The molecule has 10 heteroatoms. The molecular weight excluding hydrogens is 416 g/mol. The lowest BCUT2D eigenvalue weighted by atomic mass is 10.0. The maximum atomic E-state index is 12.9. The SMILES string of the molecule is [NH3+]C(=CC(=O)CN1CCOCC1)COc1cccc2c1CN(C1CCC(=O)NC1=O)C2=O. The van der Waals surface area contributed by atoms with Crippen molar-refractivity contribution in [3.8, 4) is 5.75 Å². The van der Waals surface area contributed by atoms with Crippen LogP contribution >= 0.6 is 0 Å². The van der Waals surface area contributed by atoms with Gasteiger partial charge >= 0.3 is 0 Å². The number of carbonyl (C=O) groups excluding carboxylic acids is 4. The fourth-order valence-corrected chi connectivity index (χ4v) is 4.16. The van der Waals surface area contributed by atoms with E-state index in [0.717, 1.165) is 13.1 Å². The molecule has 1 unspecified atom stereocenters. The van der Waals surface area contributed by atoms with E-state index in [1.165, 1.54) is 11.0 Å². The summed E-state index contributed by atoms with van der Waals surface area (Å²) in [5.41, 5.74) is 5.61. The second-order valence-corrected chi connectivity index (χ2v) is 8.13. The van der Waals surface area contributed by atoms with E-state index in [-0.39, 0.29) is 37.2 Å². The van der Waals surface area contributed by atoms with Gasteiger partial charge in [0.05, 0.1) is 26.3 Å². The molecule has 0 aromatic heterocycles. The zero-order valence-corrected chi connectivity index (χ0v) is 17.8. The molecule has 2 saturated heterocycles. The second-order valence-electron chi connectivity index (χ2n) is 8.13. The third kappa shape index (κ3) is 4.87. The molecule has 0 bridgehead atoms. The Balaban J connectivity index is 1.38. The van der Waals surface area contributed by atoms with Crippen molar-refractivity contribution in [3.05, 3.63) is 41.1 Å². The first-order valence-electron chi connectivity index (χ1n) is 10.7. The Morgan fingerprint density at radius 2 is 2.03 bits per heavy atom. The first kappa shape index (κ1) is 22.1. The number of nitrogens with zero attached hydrogens (tertiary/aromatic N) is 2. The summed E-state index contributed by atoms with van der Waals surface area (Å²) in [6.45, 7) is 3.38. The van der Waals surface area contributed by atoms with Gasteiger partial charge in [0.2, 0.25) is 11.8 Å². The molecule has 1 atom stereocenters. The van der Waals surface area contributed by atoms with Crippen LogP contribution in [0.2, 0.25) is 0 Å². The predicted octanol–water partition coefficient (Wildman–Crippen LogP) is -1.15. The maximum absolute atomic E-state index is 12.9. The van der Waals surface area contributed by atoms with E-state index in [4.69, 9.17) is 9.47 Å². The van der Waals surface area contributed by atoms with E-state index < -0.39 is 11.9 Å². The zero-order chi connectivity index (χ0) is 22.7. The molecule has 10 nitrogen and oxygen atoms in total. The Morgan fingerprint density at radius 3 is 2.78 bits per heavy atom. The number of morpholine rings is 1. The first-order valence-corrected chi connectivity index (χ1v) is 10.7. The third-order valence-corrected chi connectivity index (χ3v) is 5.80. The Bertz CT molecular complexity index is 969. The number of amides is 3. The number of nitrogens with one attached hydrogen (secondary N) is 1. The first-order chi connectivity index (χ1) is 15.4. The number of ether oxygens (including phenoxy) is 2. The standard InChI is InChI=1S/C22H26N4O6/c23-14(10-15(27)11-25-6-8-31-9-7-25)13-32-19-3-1-2-16-17(19)12-26(22(16)30)18-4-5-20(28)24-21(18)29/h1-3,10,18H,4-9,11-13,23H2,(H,24,28,29)/p+1. The largest absolute Gasteiger partial charge is 0.483 e. The van der Waals surface area contributed by atoms with Gasteiger partial charge in [0, 0.05) is 36.7 Å². The summed E-state index contributed by atoms with van der Waals surface area (Å²) in [5.74, 6) is -0.561. The smallest absolute Gasteiger partial charge is 0.255 e. The van der Waals surface area contributed by atoms with Crippen molar-refractivity contribution in [1.82, 2.24) is 15.1 Å². The van der Waals surface area contributed by atoms with Crippen LogP contribution in [0.25, 0.3) is 0 Å². The van der Waals surface area contributed by atoms with Gasteiger partial charge in [-0.1, -0.05) is 6.07 Å². The number of hydrogen-bond donors (Lipinski definition) is 2. The van der Waals surface area contributed by atoms with Gasteiger partial charge < -0.3 is 20.1 Å². The van der Waals surface area contributed by atoms with Crippen molar-refractivity contribution < 1.29 is 34.4 Å². The van der Waals surface area contributed by atoms with Crippen LogP contribution in [0.3, 0.4) is 0 Å². The number of ketones is 1. The van der Waals surface area contributed by atoms with Crippen LogP contribution in [-0.2, 0) is 25.7 Å². The lowest BCUT2D eigenvalue weighted by molar-refractivity contribution is -0.309. The lowest BCUT2D eigenvalue weighted by Gasteiger charge is -2.29. The fourth-order valence-electron chi connectivity index (χ4n) is 4.16. The van der Waals surface area contributed by atoms with E-state index in [0.29, 0.717) is 48.8 Å². The number of carbonyl (C=O) groups is 4. The normalized spacial score (nSPS) is 22.0. The number of rotatable bonds is 7. The Morgan fingerprint density at radius 1 is 1.25 bits per heavy atom. The number of benzene rings is 1. The quantitative estimate of drug-likeness (QED) is 0.402. The lowest BCUT2D eigenvalue weighted by Crippen LogP contribution is -2.52. The maximum Gasteiger partial charge on any atom is 0.255 e. The van der Waals surface area contributed by atoms with Crippen molar-refractivity contribution in [3.63, 3.8) is 0 Å². The molecule has 0 aliphatic carbocycles. The Hall–Kier alpha value is -3.08. The van der Waals surface area contributed by atoms with E-state index in [9.17, 15) is 19.2 Å². The molecule has 32 heavy (non-hydrogen) atoms. The summed E-state index contributed by atoms with van der Waals surface area (Å²) in [7, 11) is 0. The summed E-state index contributed by atoms with van der Waals surface area (Å²) in [5, 5.41) is 2.29. The predicted molar refractivity (Wildman–Crippen MR) is 111 cm³/mol. The average Bonchev–Trinajstić information content (AvgIpc) is 3.10. The van der Waals surface area contributed by atoms with Gasteiger partial charge in [0.15, 0.2) is 12.4 Å². The van der Waals surface area contributed by atoms with Crippen LogP contribution in [0, 0.1) is 0 Å². The van der Waals surface area contributed by atoms with Crippen molar-refractivity contribution in [2.24, 2.45) is 0 Å². The van der Waals surface area contributed by atoms with Crippen molar-refractivity contribution >= 4 is 23.5 Å². The number of fused-ring (bicyclic) bond motifs is 1. The highest BCUT2D eigenvalue weighted by atomic mass is 16.5. The number of piperidine rings is 1. The minimum absolute atomic E-state index is 0.0435. The molecule has 3 amide bonds. The Kier molecular flexibility index (Phi) is 6.63. The molecule has 3 aliphatic rings. The minimum atomic E-state index is -0.679. The van der Waals surface area contributed by atoms with Gasteiger partial charge in [0.1, 0.15) is 17.5 Å². The van der Waals surface area contributed by atoms with Crippen LogP contribution in [0.15, 0.2) is 30.0 Å². The molecule has 3 aliphatic heterocycles. The van der Waals surface area contributed by atoms with Gasteiger partial charge in [-0.3, -0.25) is 29.4 Å². The van der Waals surface area contributed by atoms with Gasteiger partial charge in [-0.25, -0.2) is 0 Å². The van der Waals surface area contributed by atoms with E-state index in [1.54, 1.807) is 18.2 Å². The topological polar surface area (TPSA) is 133 Å². The molecule has 4 rings (SSSR count). The molecule has 1 aromatic rings. The van der Waals surface area contributed by atoms with Crippen molar-refractivity contribution in [2.45, 2.75) is 25.4 Å². The molecule has 4 N–H and O–H groups in total. The summed E-state index contributed by atoms with van der Waals surface area (Å²) in [6.07, 6.45) is 1.99. The summed E-state index contributed by atoms with van der Waals surface area (Å²) >= 11 is 0. The van der Waals surface area contributed by atoms with Crippen LogP contribution in [0.1, 0.15) is 28.8 Å². The monoisotopic (exact) mass is 443 g/mol. The summed E-state index contributed by atoms with van der Waals surface area (Å²) < 4.78 is 11.2. The van der Waals surface area contributed by atoms with Crippen molar-refractivity contribution in [2.75, 3.05) is 39.5 Å². The second kappa shape index (κ2) is 9.60. The van der Waals surface area contributed by atoms with Crippen LogP contribution < -0.4 is 15.8 Å². The average molecular weight is 443 g/mol. The van der Waals surface area contributed by atoms with E-state index in [1.807, 2.05) is 4.90 Å². The number of imide groups is 1. The summed E-state index contributed by atoms with van der Waals surface area (Å²) in [4.78, 5) is 52.3. The molecule has 0 spiro atoms. The van der Waals surface area contributed by atoms with Gasteiger partial charge in [0.25, 0.3) is 5.91 Å². The molecule has 1 aromatic carbocycles. The number of quaternary nitrogens is 1. The Labute approximate surface area is 185 Å². The third-order valence-electron chi connectivity index (χ3n) is 5.80. The van der Waals surface area contributed by atoms with E-state index in [2.05, 4.69) is 11.1 Å². The zero-order valence-electron chi connectivity index (χ0n) is 17.8. The molecule has 0 radical (unpaired) electrons. The highest BCUT2D eigenvalue weighted by Gasteiger charge is 2.40. The van der Waals surface area contributed by atoms with E-state index >= 15 is 0 Å². The van der Waals surface area contributed by atoms with Crippen LogP contribution in [-0.4, -0.2) is 78.8 Å². The summed E-state index contributed by atoms with van der Waals surface area (Å²) in [6, 6.07) is 4.49. The van der Waals surface area contributed by atoms with Gasteiger partial charge in [-0.2, -0.15) is 0 Å². The minimum Gasteiger partial charge on any atom is -0.483 e. The number of hydrogen-bond acceptors (Lipinski definition) is 7. The van der Waals surface area contributed by atoms with Crippen LogP contribution in [0.4, 0.5) is 0 Å². The molecule has 2 fully saturated rings. The van der Waals surface area contributed by atoms with Gasteiger partial charge in [-0.15, -0.1) is 0 Å². The molecule has 3 heterocycles. The van der Waals surface area contributed by atoms with Gasteiger partial charge in [-0.05, 0) is 18.6 Å². The highest BCUT2D eigenvalue weighted by Crippen LogP contribution is 2.33. The highest BCUT2D eigenvalue weighted by molar-refractivity contribution is 6.05. The van der Waals surface area contributed by atoms with Crippen molar-refractivity contribution in [1.29, 1.82) is 0 Å². The molecule has 0 saturated carbocycles.